The van der Waals surface area contributed by atoms with E-state index in [-0.39, 0.29) is 18.6 Å². The number of nitrogens with one attached hydrogen (secondary N) is 3. The van der Waals surface area contributed by atoms with Crippen molar-refractivity contribution in [3.8, 4) is 11.5 Å². The molecule has 0 heterocycles. The van der Waals surface area contributed by atoms with E-state index in [2.05, 4.69) is 43.8 Å². The van der Waals surface area contributed by atoms with Crippen LogP contribution in [0.15, 0.2) is 41.5 Å². The van der Waals surface area contributed by atoms with Crippen LogP contribution in [0.4, 0.5) is 5.69 Å². The number of aryl methyl sites for hydroxylation is 1. The van der Waals surface area contributed by atoms with E-state index in [1.54, 1.807) is 18.2 Å². The van der Waals surface area contributed by atoms with Crippen molar-refractivity contribution in [3.05, 3.63) is 51.1 Å². The minimum atomic E-state index is -0.825. The molecule has 1 aliphatic rings. The molecule has 0 saturated heterocycles. The molecule has 3 rings (SSSR count). The molecule has 2 aromatic rings. The van der Waals surface area contributed by atoms with Crippen molar-refractivity contribution in [1.29, 1.82) is 0 Å². The standard InChI is InChI=1S/C22H23IN4O5/c1-13-4-3-5-16(8-13)25-19(28)12-32-20-17(23)9-14(10-18(20)31-2)11-24-27-22(30)21(29)26-15-6-7-15/h3-5,8-11,15H,6-7,12H2,1-2H3,(H,25,28)(H,26,29)(H,27,30)/b24-11-. The Hall–Kier alpha value is -3.15. The monoisotopic (exact) mass is 550 g/mol. The summed E-state index contributed by atoms with van der Waals surface area (Å²) < 4.78 is 11.7. The van der Waals surface area contributed by atoms with Gasteiger partial charge in [0, 0.05) is 11.7 Å². The van der Waals surface area contributed by atoms with Gasteiger partial charge in [-0.15, -0.1) is 0 Å². The molecular weight excluding hydrogens is 527 g/mol. The van der Waals surface area contributed by atoms with E-state index in [4.69, 9.17) is 9.47 Å². The van der Waals surface area contributed by atoms with Gasteiger partial charge in [0.05, 0.1) is 16.9 Å². The number of halogens is 1. The lowest BCUT2D eigenvalue weighted by atomic mass is 10.2. The molecule has 0 aliphatic heterocycles. The Bertz CT molecular complexity index is 1050. The summed E-state index contributed by atoms with van der Waals surface area (Å²) in [6.07, 6.45) is 3.17. The van der Waals surface area contributed by atoms with Crippen molar-refractivity contribution in [3.63, 3.8) is 0 Å². The summed E-state index contributed by atoms with van der Waals surface area (Å²) in [4.78, 5) is 35.6. The lowest BCUT2D eigenvalue weighted by molar-refractivity contribution is -0.139. The predicted octanol–water partition coefficient (Wildman–Crippen LogP) is 2.35. The molecule has 0 atom stereocenters. The first-order valence-electron chi connectivity index (χ1n) is 9.86. The lowest BCUT2D eigenvalue weighted by Gasteiger charge is -2.13. The van der Waals surface area contributed by atoms with Gasteiger partial charge in [-0.3, -0.25) is 14.4 Å². The smallest absolute Gasteiger partial charge is 0.329 e. The van der Waals surface area contributed by atoms with Crippen LogP contribution in [0.2, 0.25) is 0 Å². The molecule has 1 aliphatic carbocycles. The first-order chi connectivity index (χ1) is 15.4. The molecule has 9 nitrogen and oxygen atoms in total. The maximum Gasteiger partial charge on any atom is 0.329 e. The molecular formula is C22H23IN4O5. The number of carbonyl (C=O) groups excluding carboxylic acids is 3. The number of hydrogen-bond acceptors (Lipinski definition) is 6. The first kappa shape index (κ1) is 23.5. The number of ether oxygens (including phenoxy) is 2. The van der Waals surface area contributed by atoms with Crippen molar-refractivity contribution in [1.82, 2.24) is 10.7 Å². The van der Waals surface area contributed by atoms with Gasteiger partial charge in [-0.2, -0.15) is 5.10 Å². The largest absolute Gasteiger partial charge is 0.493 e. The van der Waals surface area contributed by atoms with Crippen LogP contribution in [-0.2, 0) is 14.4 Å². The highest BCUT2D eigenvalue weighted by molar-refractivity contribution is 14.1. The van der Waals surface area contributed by atoms with Crippen LogP contribution >= 0.6 is 22.6 Å². The Morgan fingerprint density at radius 2 is 1.97 bits per heavy atom. The summed E-state index contributed by atoms with van der Waals surface area (Å²) in [6, 6.07) is 11.0. The van der Waals surface area contributed by atoms with Gasteiger partial charge >= 0.3 is 11.8 Å². The van der Waals surface area contributed by atoms with Gasteiger partial charge in [-0.25, -0.2) is 5.43 Å². The van der Waals surface area contributed by atoms with Crippen LogP contribution in [-0.4, -0.2) is 43.7 Å². The van der Waals surface area contributed by atoms with Crippen LogP contribution in [0.5, 0.6) is 11.5 Å². The zero-order valence-electron chi connectivity index (χ0n) is 17.6. The van der Waals surface area contributed by atoms with Gasteiger partial charge in [0.25, 0.3) is 5.91 Å². The topological polar surface area (TPSA) is 118 Å². The van der Waals surface area contributed by atoms with Crippen molar-refractivity contribution in [2.24, 2.45) is 5.10 Å². The third kappa shape index (κ3) is 6.94. The molecule has 1 fully saturated rings. The predicted molar refractivity (Wildman–Crippen MR) is 128 cm³/mol. The van der Waals surface area contributed by atoms with Gasteiger partial charge in [0.2, 0.25) is 0 Å². The van der Waals surface area contributed by atoms with E-state index in [9.17, 15) is 14.4 Å². The second kappa shape index (κ2) is 10.9. The summed E-state index contributed by atoms with van der Waals surface area (Å²) >= 11 is 2.06. The van der Waals surface area contributed by atoms with Crippen molar-refractivity contribution in [2.45, 2.75) is 25.8 Å². The van der Waals surface area contributed by atoms with Gasteiger partial charge in [0.15, 0.2) is 18.1 Å². The summed E-state index contributed by atoms with van der Waals surface area (Å²) in [5, 5.41) is 9.18. The molecule has 10 heteroatoms. The Balaban J connectivity index is 1.58. The van der Waals surface area contributed by atoms with Crippen LogP contribution < -0.4 is 25.5 Å². The third-order valence-electron chi connectivity index (χ3n) is 4.40. The molecule has 0 spiro atoms. The number of benzene rings is 2. The summed E-state index contributed by atoms with van der Waals surface area (Å²) in [6.45, 7) is 1.75. The van der Waals surface area contributed by atoms with Crippen molar-refractivity contribution < 1.29 is 23.9 Å². The fraction of sp³-hybridized carbons (Fsp3) is 0.273. The number of carbonyl (C=O) groups is 3. The second-order valence-electron chi connectivity index (χ2n) is 7.19. The maximum atomic E-state index is 12.2. The highest BCUT2D eigenvalue weighted by Crippen LogP contribution is 2.33. The molecule has 2 aromatic carbocycles. The zero-order valence-corrected chi connectivity index (χ0v) is 19.8. The number of hydrogen-bond donors (Lipinski definition) is 3. The lowest BCUT2D eigenvalue weighted by Crippen LogP contribution is -2.38. The zero-order chi connectivity index (χ0) is 23.1. The van der Waals surface area contributed by atoms with E-state index in [0.29, 0.717) is 26.3 Å². The minimum Gasteiger partial charge on any atom is -0.493 e. The van der Waals surface area contributed by atoms with Gasteiger partial charge in [-0.05, 0) is 77.7 Å². The normalized spacial score (nSPS) is 12.8. The molecule has 0 bridgehead atoms. The summed E-state index contributed by atoms with van der Waals surface area (Å²) in [5.41, 5.74) is 4.54. The fourth-order valence-electron chi connectivity index (χ4n) is 2.71. The molecule has 0 radical (unpaired) electrons. The number of amides is 3. The first-order valence-corrected chi connectivity index (χ1v) is 10.9. The molecule has 3 N–H and O–H groups in total. The highest BCUT2D eigenvalue weighted by Gasteiger charge is 2.26. The summed E-state index contributed by atoms with van der Waals surface area (Å²) in [7, 11) is 1.48. The number of methoxy groups -OCH3 is 1. The number of rotatable bonds is 8. The maximum absolute atomic E-state index is 12.2. The molecule has 1 saturated carbocycles. The van der Waals surface area contributed by atoms with Gasteiger partial charge in [-0.1, -0.05) is 12.1 Å². The van der Waals surface area contributed by atoms with Crippen molar-refractivity contribution >= 4 is 52.2 Å². The molecule has 0 aromatic heterocycles. The van der Waals surface area contributed by atoms with E-state index in [1.807, 2.05) is 25.1 Å². The number of nitrogens with zero attached hydrogens (tertiary/aromatic N) is 1. The Morgan fingerprint density at radius 1 is 1.19 bits per heavy atom. The minimum absolute atomic E-state index is 0.0921. The van der Waals surface area contributed by atoms with E-state index in [1.165, 1.54) is 13.3 Å². The SMILES string of the molecule is COc1cc(/C=N\NC(=O)C(=O)NC2CC2)cc(I)c1OCC(=O)Nc1cccc(C)c1. The van der Waals surface area contributed by atoms with E-state index in [0.717, 1.165) is 18.4 Å². The molecule has 32 heavy (non-hydrogen) atoms. The van der Waals surface area contributed by atoms with E-state index < -0.39 is 11.8 Å². The Kier molecular flexibility index (Phi) is 8.03. The Labute approximate surface area is 199 Å². The quantitative estimate of drug-likeness (QED) is 0.202. The van der Waals surface area contributed by atoms with Crippen LogP contribution in [0.1, 0.15) is 24.0 Å². The molecule has 3 amide bonds. The highest BCUT2D eigenvalue weighted by atomic mass is 127. The second-order valence-corrected chi connectivity index (χ2v) is 8.35. The summed E-state index contributed by atoms with van der Waals surface area (Å²) in [5.74, 6) is -1.01. The van der Waals surface area contributed by atoms with Crippen molar-refractivity contribution in [2.75, 3.05) is 19.0 Å². The molecule has 0 unspecified atom stereocenters. The number of anilines is 1. The fourth-order valence-corrected chi connectivity index (χ4v) is 3.49. The van der Waals surface area contributed by atoms with Crippen LogP contribution in [0.3, 0.4) is 0 Å². The average molecular weight is 550 g/mol. The van der Waals surface area contributed by atoms with Gasteiger partial charge < -0.3 is 20.1 Å². The number of hydrazone groups is 1. The average Bonchev–Trinajstić information content (AvgIpc) is 3.56. The van der Waals surface area contributed by atoms with Crippen LogP contribution in [0.25, 0.3) is 0 Å². The third-order valence-corrected chi connectivity index (χ3v) is 5.20. The van der Waals surface area contributed by atoms with Crippen LogP contribution in [0, 0.1) is 10.5 Å². The van der Waals surface area contributed by atoms with E-state index >= 15 is 0 Å². The molecule has 168 valence electrons. The Morgan fingerprint density at radius 3 is 2.66 bits per heavy atom. The van der Waals surface area contributed by atoms with Gasteiger partial charge in [0.1, 0.15) is 0 Å².